The monoisotopic (exact) mass is 243 g/mol. The first-order valence-corrected chi connectivity index (χ1v) is 6.60. The van der Waals surface area contributed by atoms with E-state index in [2.05, 4.69) is 26.4 Å². The normalized spacial score (nSPS) is 28.0. The van der Waals surface area contributed by atoms with Crippen LogP contribution in [-0.4, -0.2) is 45.4 Å². The molecule has 0 aromatic carbocycles. The molecule has 0 amide bonds. The summed E-state index contributed by atoms with van der Waals surface area (Å²) in [5.41, 5.74) is 1.13. The summed E-state index contributed by atoms with van der Waals surface area (Å²) < 4.78 is 1.99. The second kappa shape index (κ2) is 4.03. The number of hydrogen-bond donors (Lipinski definition) is 1. The molecule has 2 saturated heterocycles. The van der Waals surface area contributed by atoms with E-state index in [9.17, 15) is 0 Å². The number of hydrogen-bond acceptors (Lipinski definition) is 4. The third-order valence-corrected chi connectivity index (χ3v) is 4.14. The van der Waals surface area contributed by atoms with E-state index in [0.29, 0.717) is 0 Å². The smallest absolute Gasteiger partial charge is 0.233 e. The first kappa shape index (κ1) is 10.5. The molecular formula is C13H17N5. The summed E-state index contributed by atoms with van der Waals surface area (Å²) in [5, 5.41) is 3.47. The van der Waals surface area contributed by atoms with Crippen molar-refractivity contribution in [3.63, 3.8) is 0 Å². The molecule has 4 rings (SSSR count). The van der Waals surface area contributed by atoms with Gasteiger partial charge in [0.25, 0.3) is 0 Å². The van der Waals surface area contributed by atoms with Gasteiger partial charge in [-0.05, 0) is 31.0 Å². The summed E-state index contributed by atoms with van der Waals surface area (Å²) >= 11 is 0. The van der Waals surface area contributed by atoms with E-state index in [4.69, 9.17) is 0 Å². The Balaban J connectivity index is 1.51. The molecule has 94 valence electrons. The Kier molecular flexibility index (Phi) is 2.34. The van der Waals surface area contributed by atoms with Crippen LogP contribution < -0.4 is 5.32 Å². The predicted molar refractivity (Wildman–Crippen MR) is 68.1 cm³/mol. The van der Waals surface area contributed by atoms with Crippen molar-refractivity contribution in [3.8, 4) is 0 Å². The minimum atomic E-state index is 0.800. The van der Waals surface area contributed by atoms with E-state index >= 15 is 0 Å². The van der Waals surface area contributed by atoms with E-state index in [0.717, 1.165) is 29.9 Å². The fourth-order valence-electron chi connectivity index (χ4n) is 3.27. The second-order valence-corrected chi connectivity index (χ2v) is 5.43. The van der Waals surface area contributed by atoms with Crippen molar-refractivity contribution < 1.29 is 0 Å². The molecule has 0 spiro atoms. The molecule has 5 nitrogen and oxygen atoms in total. The highest BCUT2D eigenvalue weighted by molar-refractivity contribution is 5.29. The Morgan fingerprint density at radius 1 is 1.28 bits per heavy atom. The molecule has 2 unspecified atom stereocenters. The fraction of sp³-hybridized carbons (Fsp3) is 0.538. The standard InChI is InChI=1S/C13H17N5/c1-2-15-13-16-12(9-18(13)3-1)8-17-6-10-4-14-5-11(10)7-17/h1-3,9-11,14H,4-8H2. The minimum absolute atomic E-state index is 0.800. The van der Waals surface area contributed by atoms with Gasteiger partial charge in [0.1, 0.15) is 0 Å². The Morgan fingerprint density at radius 2 is 2.11 bits per heavy atom. The van der Waals surface area contributed by atoms with Gasteiger partial charge in [0, 0.05) is 38.2 Å². The molecule has 2 fully saturated rings. The number of aromatic nitrogens is 3. The summed E-state index contributed by atoms with van der Waals surface area (Å²) in [7, 11) is 0. The zero-order valence-corrected chi connectivity index (χ0v) is 10.3. The molecular weight excluding hydrogens is 226 g/mol. The van der Waals surface area contributed by atoms with E-state index in [1.165, 1.54) is 26.2 Å². The van der Waals surface area contributed by atoms with Crippen molar-refractivity contribution >= 4 is 5.78 Å². The number of fused-ring (bicyclic) bond motifs is 2. The molecule has 18 heavy (non-hydrogen) atoms. The number of nitrogens with one attached hydrogen (secondary N) is 1. The lowest BCUT2D eigenvalue weighted by atomic mass is 10.0. The molecule has 0 saturated carbocycles. The van der Waals surface area contributed by atoms with Gasteiger partial charge >= 0.3 is 0 Å². The van der Waals surface area contributed by atoms with Crippen LogP contribution in [0.4, 0.5) is 0 Å². The summed E-state index contributed by atoms with van der Waals surface area (Å²) in [5.74, 6) is 2.49. The first-order chi connectivity index (χ1) is 8.88. The van der Waals surface area contributed by atoms with E-state index in [-0.39, 0.29) is 0 Å². The maximum Gasteiger partial charge on any atom is 0.233 e. The molecule has 0 radical (unpaired) electrons. The highest BCUT2D eigenvalue weighted by Gasteiger charge is 2.35. The molecule has 2 aliphatic rings. The zero-order chi connectivity index (χ0) is 11.9. The maximum atomic E-state index is 4.56. The lowest BCUT2D eigenvalue weighted by Gasteiger charge is -2.14. The zero-order valence-electron chi connectivity index (χ0n) is 10.3. The Bertz CT molecular complexity index is 518. The first-order valence-electron chi connectivity index (χ1n) is 6.60. The van der Waals surface area contributed by atoms with Gasteiger partial charge in [0.2, 0.25) is 5.78 Å². The summed E-state index contributed by atoms with van der Waals surface area (Å²) in [6.45, 7) is 5.75. The van der Waals surface area contributed by atoms with Gasteiger partial charge in [0.05, 0.1) is 5.69 Å². The molecule has 2 atom stereocenters. The summed E-state index contributed by atoms with van der Waals surface area (Å²) in [6, 6.07) is 1.93. The van der Waals surface area contributed by atoms with Crippen LogP contribution in [0.3, 0.4) is 0 Å². The topological polar surface area (TPSA) is 45.5 Å². The molecule has 0 aliphatic carbocycles. The van der Waals surface area contributed by atoms with Crippen molar-refractivity contribution in [1.29, 1.82) is 0 Å². The van der Waals surface area contributed by atoms with Gasteiger partial charge in [-0.25, -0.2) is 9.97 Å². The van der Waals surface area contributed by atoms with Crippen LogP contribution in [0.15, 0.2) is 24.7 Å². The fourth-order valence-corrected chi connectivity index (χ4v) is 3.27. The molecule has 5 heteroatoms. The quantitative estimate of drug-likeness (QED) is 0.828. The van der Waals surface area contributed by atoms with Crippen LogP contribution in [0.1, 0.15) is 5.69 Å². The van der Waals surface area contributed by atoms with Crippen LogP contribution in [0.2, 0.25) is 0 Å². The van der Waals surface area contributed by atoms with Gasteiger partial charge in [-0.2, -0.15) is 0 Å². The molecule has 4 heterocycles. The second-order valence-electron chi connectivity index (χ2n) is 5.43. The Labute approximate surface area is 106 Å². The van der Waals surface area contributed by atoms with Gasteiger partial charge in [-0.15, -0.1) is 0 Å². The van der Waals surface area contributed by atoms with Gasteiger partial charge in [0.15, 0.2) is 0 Å². The molecule has 0 bridgehead atoms. The van der Waals surface area contributed by atoms with Crippen molar-refractivity contribution in [2.24, 2.45) is 11.8 Å². The minimum Gasteiger partial charge on any atom is -0.316 e. The van der Waals surface area contributed by atoms with Crippen molar-refractivity contribution in [1.82, 2.24) is 24.6 Å². The van der Waals surface area contributed by atoms with Crippen LogP contribution >= 0.6 is 0 Å². The predicted octanol–water partition coefficient (Wildman–Crippen LogP) is 0.380. The van der Waals surface area contributed by atoms with Crippen LogP contribution in [0, 0.1) is 11.8 Å². The Hall–Kier alpha value is -1.46. The van der Waals surface area contributed by atoms with Crippen LogP contribution in [0.25, 0.3) is 5.78 Å². The van der Waals surface area contributed by atoms with Crippen LogP contribution in [0.5, 0.6) is 0 Å². The number of nitrogens with zero attached hydrogens (tertiary/aromatic N) is 4. The molecule has 2 aromatic rings. The number of imidazole rings is 1. The third-order valence-electron chi connectivity index (χ3n) is 4.14. The highest BCUT2D eigenvalue weighted by atomic mass is 15.2. The summed E-state index contributed by atoms with van der Waals surface area (Å²) in [4.78, 5) is 11.3. The maximum absolute atomic E-state index is 4.56. The van der Waals surface area contributed by atoms with E-state index in [1.54, 1.807) is 6.20 Å². The van der Waals surface area contributed by atoms with E-state index in [1.807, 2.05) is 16.7 Å². The SMILES string of the molecule is c1cnc2nc(CN3CC4CNCC4C3)cn2c1. The average molecular weight is 243 g/mol. The lowest BCUT2D eigenvalue weighted by molar-refractivity contribution is 0.302. The van der Waals surface area contributed by atoms with Gasteiger partial charge < -0.3 is 5.32 Å². The largest absolute Gasteiger partial charge is 0.316 e. The van der Waals surface area contributed by atoms with E-state index < -0.39 is 0 Å². The average Bonchev–Trinajstić information content (AvgIpc) is 3.01. The highest BCUT2D eigenvalue weighted by Crippen LogP contribution is 2.27. The Morgan fingerprint density at radius 3 is 2.89 bits per heavy atom. The third kappa shape index (κ3) is 1.71. The van der Waals surface area contributed by atoms with Gasteiger partial charge in [-0.1, -0.05) is 0 Å². The van der Waals surface area contributed by atoms with Crippen molar-refractivity contribution in [2.75, 3.05) is 26.2 Å². The number of likely N-dealkylation sites (tertiary alicyclic amines) is 1. The lowest BCUT2D eigenvalue weighted by Crippen LogP contribution is -2.25. The number of rotatable bonds is 2. The molecule has 2 aliphatic heterocycles. The summed E-state index contributed by atoms with van der Waals surface area (Å²) in [6.07, 6.45) is 5.88. The van der Waals surface area contributed by atoms with Crippen LogP contribution in [-0.2, 0) is 6.54 Å². The molecule has 2 aromatic heterocycles. The van der Waals surface area contributed by atoms with Crippen molar-refractivity contribution in [3.05, 3.63) is 30.4 Å². The molecule has 1 N–H and O–H groups in total. The van der Waals surface area contributed by atoms with Gasteiger partial charge in [-0.3, -0.25) is 9.30 Å². The van der Waals surface area contributed by atoms with Crippen molar-refractivity contribution in [2.45, 2.75) is 6.54 Å².